The van der Waals surface area contributed by atoms with Crippen molar-refractivity contribution in [3.8, 4) is 0 Å². The zero-order valence-electron chi connectivity index (χ0n) is 17.3. The van der Waals surface area contributed by atoms with Crippen molar-refractivity contribution in [1.29, 1.82) is 0 Å². The van der Waals surface area contributed by atoms with Crippen LogP contribution >= 0.6 is 110 Å². The maximum Gasteiger partial charge on any atom is 0.310 e. The summed E-state index contributed by atoms with van der Waals surface area (Å²) in [5.74, 6) is -6.84. The van der Waals surface area contributed by atoms with Crippen LogP contribution < -0.4 is 15.9 Å². The van der Waals surface area contributed by atoms with E-state index >= 15 is 0 Å². The minimum absolute atomic E-state index is 0.906. The van der Waals surface area contributed by atoms with E-state index in [9.17, 15) is 0 Å². The van der Waals surface area contributed by atoms with Crippen molar-refractivity contribution in [2.45, 2.75) is 0 Å². The first kappa shape index (κ1) is 28.8. The molecule has 1 aliphatic heterocycles. The summed E-state index contributed by atoms with van der Waals surface area (Å²) in [6, 6.07) is 29.3. The highest BCUT2D eigenvalue weighted by molar-refractivity contribution is 8.28. The molecule has 0 radical (unpaired) electrons. The molecule has 0 spiro atoms. The lowest BCUT2D eigenvalue weighted by Gasteiger charge is -2.30. The van der Waals surface area contributed by atoms with E-state index in [1.54, 1.807) is 0 Å². The molecule has 3 aromatic carbocycles. The fraction of sp³-hybridized carbons (Fsp3) is 0. The second-order valence-electron chi connectivity index (χ2n) is 6.96. The SMILES string of the molecule is ClP(Cl)(Cl)=NP1(N=P(c2ccccc2)(c2ccccc2)c2ccccc2)=NP(Cl)(Cl)=NP(Cl)(Cl)=N1. The van der Waals surface area contributed by atoms with Gasteiger partial charge in [-0.05, 0) is 78.7 Å². The van der Waals surface area contributed by atoms with Crippen LogP contribution in [-0.4, -0.2) is 0 Å². The summed E-state index contributed by atoms with van der Waals surface area (Å²) in [6.45, 7) is 0. The molecule has 0 bridgehead atoms. The molecule has 0 fully saturated rings. The lowest BCUT2D eigenvalue weighted by Crippen LogP contribution is -2.25. The summed E-state index contributed by atoms with van der Waals surface area (Å²) >= 11 is 44.7. The summed E-state index contributed by atoms with van der Waals surface area (Å²) in [4.78, 5) is 0. The first-order valence-corrected chi connectivity index (χ1v) is 24.4. The second kappa shape index (κ2) is 11.1. The van der Waals surface area contributed by atoms with Crippen molar-refractivity contribution in [2.75, 3.05) is 0 Å². The molecule has 0 aromatic heterocycles. The van der Waals surface area contributed by atoms with E-state index < -0.39 is 31.5 Å². The van der Waals surface area contributed by atoms with Gasteiger partial charge in [-0.25, -0.2) is 4.52 Å². The number of hydrogen-bond donors (Lipinski definition) is 0. The predicted octanol–water partition coefficient (Wildman–Crippen LogP) is 12.6. The van der Waals surface area contributed by atoms with Gasteiger partial charge in [-0.15, -0.1) is 0 Å². The maximum atomic E-state index is 6.48. The summed E-state index contributed by atoms with van der Waals surface area (Å²) in [5.41, 5.74) is 0. The molecule has 3 aromatic rings. The van der Waals surface area contributed by atoms with E-state index in [1.165, 1.54) is 0 Å². The molecule has 1 unspecified atom stereocenters. The fourth-order valence-electron chi connectivity index (χ4n) is 3.41. The third-order valence-electron chi connectivity index (χ3n) is 4.54. The largest absolute Gasteiger partial charge is 0.310 e. The lowest BCUT2D eigenvalue weighted by atomic mass is 10.4. The molecule has 186 valence electrons. The van der Waals surface area contributed by atoms with Crippen molar-refractivity contribution >= 4 is 126 Å². The first-order chi connectivity index (χ1) is 16.4. The van der Waals surface area contributed by atoms with Crippen LogP contribution in [0, 0.1) is 0 Å². The van der Waals surface area contributed by atoms with Crippen LogP contribution in [0.3, 0.4) is 0 Å². The smallest absolute Gasteiger partial charge is 0.210 e. The van der Waals surface area contributed by atoms with Gasteiger partial charge in [0.15, 0.2) is 0 Å². The Hall–Kier alpha value is 0.840. The van der Waals surface area contributed by atoms with Gasteiger partial charge in [-0.1, -0.05) is 91.0 Å². The monoisotopic (exact) mass is 701 g/mol. The Morgan fingerprint density at radius 2 is 0.886 bits per heavy atom. The average Bonchev–Trinajstić information content (AvgIpc) is 2.76. The van der Waals surface area contributed by atoms with Gasteiger partial charge in [-0.2, -0.15) is 18.1 Å². The number of benzene rings is 3. The molecular weight excluding hydrogens is 689 g/mol. The standard InChI is InChI=1S/C18H15Cl7N5P5/c19-32(20,21)27-35(29-33(22,23)28-34(24,25)30-35)26-31(16-10-4-1-5-11-16,17-12-6-2-7-13-17)18-14-8-3-9-15-18/h1-15H. The van der Waals surface area contributed by atoms with Crippen LogP contribution in [0.15, 0.2) is 114 Å². The molecule has 5 nitrogen and oxygen atoms in total. The van der Waals surface area contributed by atoms with Crippen molar-refractivity contribution in [1.82, 2.24) is 0 Å². The molecule has 0 saturated carbocycles. The van der Waals surface area contributed by atoms with E-state index in [-0.39, 0.29) is 0 Å². The Balaban J connectivity index is 2.32. The molecule has 0 amide bonds. The molecule has 1 heterocycles. The van der Waals surface area contributed by atoms with Crippen LogP contribution in [0.4, 0.5) is 0 Å². The highest BCUT2D eigenvalue weighted by Crippen LogP contribution is 2.89. The molecule has 0 aliphatic carbocycles. The van der Waals surface area contributed by atoms with Gasteiger partial charge in [0.25, 0.3) is 11.8 Å². The Morgan fingerprint density at radius 3 is 1.23 bits per heavy atom. The van der Waals surface area contributed by atoms with Crippen molar-refractivity contribution in [3.05, 3.63) is 91.0 Å². The Kier molecular flexibility index (Phi) is 9.18. The highest BCUT2D eigenvalue weighted by atomic mass is 36.0. The Morgan fingerprint density at radius 1 is 0.514 bits per heavy atom. The predicted molar refractivity (Wildman–Crippen MR) is 166 cm³/mol. The van der Waals surface area contributed by atoms with E-state index in [0.29, 0.717) is 0 Å². The van der Waals surface area contributed by atoms with Gasteiger partial charge in [-0.3, -0.25) is 0 Å². The van der Waals surface area contributed by atoms with Gasteiger partial charge in [0, 0.05) is 15.9 Å². The molecule has 35 heavy (non-hydrogen) atoms. The zero-order chi connectivity index (χ0) is 25.4. The topological polar surface area (TPSA) is 61.8 Å². The van der Waals surface area contributed by atoms with Crippen LogP contribution in [0.1, 0.15) is 0 Å². The Bertz CT molecular complexity index is 1390. The maximum absolute atomic E-state index is 6.48. The van der Waals surface area contributed by atoms with Crippen LogP contribution in [0.2, 0.25) is 0 Å². The van der Waals surface area contributed by atoms with Gasteiger partial charge >= 0.3 is 7.51 Å². The van der Waals surface area contributed by atoms with Gasteiger partial charge < -0.3 is 0 Å². The summed E-state index contributed by atoms with van der Waals surface area (Å²) < 4.78 is 22.9. The van der Waals surface area contributed by atoms with Crippen molar-refractivity contribution in [3.63, 3.8) is 0 Å². The minimum atomic E-state index is -3.69. The molecular formula is C18H15Cl7N5P5. The molecule has 4 rings (SSSR count). The number of hydrogen-bond acceptors (Lipinski definition) is 5. The molecule has 1 aliphatic rings. The zero-order valence-corrected chi connectivity index (χ0v) is 27.0. The third kappa shape index (κ3) is 7.08. The van der Waals surface area contributed by atoms with Crippen molar-refractivity contribution < 1.29 is 0 Å². The van der Waals surface area contributed by atoms with Gasteiger partial charge in [0.1, 0.15) is 0 Å². The number of rotatable bonds is 5. The van der Waals surface area contributed by atoms with Crippen LogP contribution in [0.5, 0.6) is 0 Å². The second-order valence-corrected chi connectivity index (χ2v) is 29.7. The normalized spacial score (nSPS) is 21.1. The van der Waals surface area contributed by atoms with Crippen molar-refractivity contribution in [2.24, 2.45) is 22.6 Å². The summed E-state index contributed by atoms with van der Waals surface area (Å²) in [6.07, 6.45) is 0. The summed E-state index contributed by atoms with van der Waals surface area (Å²) in [5, 5.41) is -0.718. The van der Waals surface area contributed by atoms with Crippen LogP contribution in [0.25, 0.3) is 0 Å². The van der Waals surface area contributed by atoms with Crippen LogP contribution in [-0.2, 0) is 0 Å². The third-order valence-corrected chi connectivity index (χ3v) is 23.5. The molecule has 0 saturated heterocycles. The first-order valence-electron chi connectivity index (χ1n) is 9.59. The molecule has 17 heteroatoms. The fourth-order valence-corrected chi connectivity index (χ4v) is 27.4. The molecule has 1 atom stereocenters. The van der Waals surface area contributed by atoms with E-state index in [4.69, 9.17) is 83.2 Å². The highest BCUT2D eigenvalue weighted by Gasteiger charge is 2.39. The number of nitrogens with zero attached hydrogens (tertiary/aromatic N) is 5. The lowest BCUT2D eigenvalue weighted by molar-refractivity contribution is 1.60. The van der Waals surface area contributed by atoms with E-state index in [1.807, 2.05) is 91.0 Å². The Labute approximate surface area is 237 Å². The minimum Gasteiger partial charge on any atom is -0.210 e. The average molecular weight is 704 g/mol. The van der Waals surface area contributed by atoms with E-state index in [2.05, 4.69) is 18.1 Å². The number of halogens is 7. The summed E-state index contributed by atoms with van der Waals surface area (Å²) in [7, 11) is -6.58. The van der Waals surface area contributed by atoms with E-state index in [0.717, 1.165) is 15.9 Å². The quantitative estimate of drug-likeness (QED) is 0.238. The molecule has 0 N–H and O–H groups in total. The van der Waals surface area contributed by atoms with Gasteiger partial charge in [0.2, 0.25) is 5.11 Å². The van der Waals surface area contributed by atoms with Gasteiger partial charge in [0.05, 0.1) is 7.05 Å².